The van der Waals surface area contributed by atoms with Crippen LogP contribution in [0.3, 0.4) is 0 Å². The summed E-state index contributed by atoms with van der Waals surface area (Å²) in [6.07, 6.45) is 3.02. The van der Waals surface area contributed by atoms with Crippen LogP contribution in [-0.4, -0.2) is 50.3 Å². The quantitative estimate of drug-likeness (QED) is 0.613. The Kier molecular flexibility index (Phi) is 5.93. The Hall–Kier alpha value is -3.50. The summed E-state index contributed by atoms with van der Waals surface area (Å²) in [6, 6.07) is 14.0. The number of hydrogen-bond donors (Lipinski definition) is 2. The van der Waals surface area contributed by atoms with E-state index in [1.54, 1.807) is 0 Å². The molecule has 2 aliphatic rings. The van der Waals surface area contributed by atoms with Crippen LogP contribution in [0, 0.1) is 25.2 Å². The van der Waals surface area contributed by atoms with Crippen molar-refractivity contribution in [1.82, 2.24) is 20.1 Å². The van der Waals surface area contributed by atoms with Gasteiger partial charge in [-0.2, -0.15) is 5.26 Å². The monoisotopic (exact) mass is 455 g/mol. The number of rotatable bonds is 4. The Morgan fingerprint density at radius 2 is 1.79 bits per heavy atom. The molecule has 2 aromatic carbocycles. The Bertz CT molecular complexity index is 1240. The van der Waals surface area contributed by atoms with Gasteiger partial charge in [0.05, 0.1) is 17.7 Å². The van der Waals surface area contributed by atoms with Crippen LogP contribution in [0.1, 0.15) is 76.0 Å². The maximum absolute atomic E-state index is 13.6. The SMILES string of the molecule is Cc1nnc(-c2cc(C(=O)N3CCC(c4ccc(C#N)cc4)CC3)c(C)cc2C2CC(O)C2)[nH]1. The number of aliphatic hydroxyl groups excluding tert-OH is 1. The van der Waals surface area contributed by atoms with Crippen molar-refractivity contribution in [1.29, 1.82) is 5.26 Å². The number of likely N-dealkylation sites (tertiary alicyclic amines) is 1. The molecule has 7 heteroatoms. The minimum atomic E-state index is -0.256. The molecule has 0 atom stereocenters. The van der Waals surface area contributed by atoms with Crippen molar-refractivity contribution in [3.63, 3.8) is 0 Å². The van der Waals surface area contributed by atoms with Crippen LogP contribution in [0.5, 0.6) is 0 Å². The van der Waals surface area contributed by atoms with Crippen molar-refractivity contribution < 1.29 is 9.90 Å². The largest absolute Gasteiger partial charge is 0.393 e. The Balaban J connectivity index is 1.37. The van der Waals surface area contributed by atoms with Gasteiger partial charge >= 0.3 is 0 Å². The van der Waals surface area contributed by atoms with Crippen LogP contribution in [0.15, 0.2) is 36.4 Å². The fraction of sp³-hybridized carbons (Fsp3) is 0.407. The molecule has 1 amide bonds. The number of nitrogens with zero attached hydrogens (tertiary/aromatic N) is 4. The minimum absolute atomic E-state index is 0.0495. The van der Waals surface area contributed by atoms with Gasteiger partial charge in [0, 0.05) is 24.2 Å². The summed E-state index contributed by atoms with van der Waals surface area (Å²) in [5, 5.41) is 27.3. The van der Waals surface area contributed by atoms with Gasteiger partial charge in [0.25, 0.3) is 5.91 Å². The van der Waals surface area contributed by atoms with Crippen LogP contribution >= 0.6 is 0 Å². The van der Waals surface area contributed by atoms with Gasteiger partial charge < -0.3 is 15.0 Å². The lowest BCUT2D eigenvalue weighted by atomic mass is 9.75. The maximum Gasteiger partial charge on any atom is 0.254 e. The topological polar surface area (TPSA) is 106 Å². The lowest BCUT2D eigenvalue weighted by molar-refractivity contribution is 0.0708. The summed E-state index contributed by atoms with van der Waals surface area (Å²) in [5.74, 6) is 2.11. The number of amides is 1. The normalized spacial score (nSPS) is 20.6. The summed E-state index contributed by atoms with van der Waals surface area (Å²) in [7, 11) is 0. The number of aromatic nitrogens is 3. The number of H-pyrrole nitrogens is 1. The van der Waals surface area contributed by atoms with Gasteiger partial charge in [0.15, 0.2) is 5.82 Å². The molecule has 1 aliphatic carbocycles. The van der Waals surface area contributed by atoms with E-state index in [4.69, 9.17) is 5.26 Å². The van der Waals surface area contributed by atoms with Gasteiger partial charge in [-0.3, -0.25) is 4.79 Å². The number of piperidine rings is 1. The average Bonchev–Trinajstić information content (AvgIpc) is 3.27. The van der Waals surface area contributed by atoms with E-state index in [1.165, 1.54) is 5.56 Å². The number of carbonyl (C=O) groups excluding carboxylic acids is 1. The fourth-order valence-corrected chi connectivity index (χ4v) is 5.23. The zero-order valence-corrected chi connectivity index (χ0v) is 19.6. The fourth-order valence-electron chi connectivity index (χ4n) is 5.23. The summed E-state index contributed by atoms with van der Waals surface area (Å²) >= 11 is 0. The molecule has 174 valence electrons. The first-order valence-electron chi connectivity index (χ1n) is 11.9. The second-order valence-corrected chi connectivity index (χ2v) is 9.64. The highest BCUT2D eigenvalue weighted by Crippen LogP contribution is 2.42. The Labute approximate surface area is 199 Å². The summed E-state index contributed by atoms with van der Waals surface area (Å²) in [6.45, 7) is 5.26. The molecule has 7 nitrogen and oxygen atoms in total. The predicted molar refractivity (Wildman–Crippen MR) is 128 cm³/mol. The van der Waals surface area contributed by atoms with Crippen LogP contribution in [-0.2, 0) is 0 Å². The van der Waals surface area contributed by atoms with E-state index < -0.39 is 0 Å². The molecule has 1 saturated carbocycles. The highest BCUT2D eigenvalue weighted by Gasteiger charge is 2.33. The number of benzene rings is 2. The first kappa shape index (κ1) is 22.3. The molecule has 0 radical (unpaired) electrons. The molecule has 3 aromatic rings. The standard InChI is InChI=1S/C27H29N5O2/c1-16-11-24(21-12-22(33)13-21)25(26-29-17(2)30-31-26)14-23(16)27(34)32-9-7-20(8-10-32)19-5-3-18(15-28)4-6-19/h3-6,11,14,20-22,33H,7-10,12-13H2,1-2H3,(H,29,30,31). The van der Waals surface area contributed by atoms with E-state index in [0.29, 0.717) is 36.0 Å². The Morgan fingerprint density at radius 1 is 1.09 bits per heavy atom. The van der Waals surface area contributed by atoms with Gasteiger partial charge in [-0.15, -0.1) is 10.2 Å². The van der Waals surface area contributed by atoms with Gasteiger partial charge in [-0.05, 0) is 86.3 Å². The van der Waals surface area contributed by atoms with Crippen LogP contribution in [0.2, 0.25) is 0 Å². The van der Waals surface area contributed by atoms with Crippen LogP contribution in [0.25, 0.3) is 11.4 Å². The molecule has 2 N–H and O–H groups in total. The van der Waals surface area contributed by atoms with Gasteiger partial charge in [0.1, 0.15) is 5.82 Å². The number of nitriles is 1. The van der Waals surface area contributed by atoms with E-state index >= 15 is 0 Å². The van der Waals surface area contributed by atoms with E-state index in [-0.39, 0.29) is 17.9 Å². The zero-order chi connectivity index (χ0) is 23.8. The first-order chi connectivity index (χ1) is 16.4. The third-order valence-electron chi connectivity index (χ3n) is 7.33. The van der Waals surface area contributed by atoms with Crippen molar-refractivity contribution in [3.8, 4) is 17.5 Å². The number of hydrogen-bond acceptors (Lipinski definition) is 5. The zero-order valence-electron chi connectivity index (χ0n) is 19.6. The van der Waals surface area contributed by atoms with Gasteiger partial charge in [-0.1, -0.05) is 18.2 Å². The van der Waals surface area contributed by atoms with Crippen LogP contribution < -0.4 is 0 Å². The number of carbonyl (C=O) groups is 1. The first-order valence-corrected chi connectivity index (χ1v) is 11.9. The molecule has 2 fully saturated rings. The molecule has 5 rings (SSSR count). The van der Waals surface area contributed by atoms with Crippen molar-refractivity contribution in [3.05, 3.63) is 70.0 Å². The lowest BCUT2D eigenvalue weighted by Crippen LogP contribution is -2.38. The number of nitrogens with one attached hydrogen (secondary N) is 1. The number of aromatic amines is 1. The average molecular weight is 456 g/mol. The molecule has 0 spiro atoms. The van der Waals surface area contributed by atoms with Crippen molar-refractivity contribution >= 4 is 5.91 Å². The molecular formula is C27H29N5O2. The van der Waals surface area contributed by atoms with Gasteiger partial charge in [-0.25, -0.2) is 0 Å². The van der Waals surface area contributed by atoms with Crippen molar-refractivity contribution in [2.45, 2.75) is 57.5 Å². The van der Waals surface area contributed by atoms with E-state index in [9.17, 15) is 9.90 Å². The smallest absolute Gasteiger partial charge is 0.254 e. The summed E-state index contributed by atoms with van der Waals surface area (Å²) in [4.78, 5) is 18.7. The molecule has 0 bridgehead atoms. The van der Waals surface area contributed by atoms with Crippen LogP contribution in [0.4, 0.5) is 0 Å². The molecule has 1 aromatic heterocycles. The van der Waals surface area contributed by atoms with Crippen molar-refractivity contribution in [2.75, 3.05) is 13.1 Å². The number of aryl methyl sites for hydroxylation is 2. The minimum Gasteiger partial charge on any atom is -0.393 e. The summed E-state index contributed by atoms with van der Waals surface area (Å²) < 4.78 is 0. The number of aliphatic hydroxyl groups is 1. The highest BCUT2D eigenvalue weighted by atomic mass is 16.3. The molecule has 0 unspecified atom stereocenters. The van der Waals surface area contributed by atoms with Crippen molar-refractivity contribution in [2.24, 2.45) is 0 Å². The maximum atomic E-state index is 13.6. The molecule has 1 aliphatic heterocycles. The second-order valence-electron chi connectivity index (χ2n) is 9.64. The molecular weight excluding hydrogens is 426 g/mol. The third kappa shape index (κ3) is 4.22. The lowest BCUT2D eigenvalue weighted by Gasteiger charge is -2.34. The van der Waals surface area contributed by atoms with E-state index in [1.807, 2.05) is 49.1 Å². The van der Waals surface area contributed by atoms with E-state index in [2.05, 4.69) is 27.3 Å². The molecule has 34 heavy (non-hydrogen) atoms. The van der Waals surface area contributed by atoms with Gasteiger partial charge in [0.2, 0.25) is 0 Å². The Morgan fingerprint density at radius 3 is 2.38 bits per heavy atom. The molecule has 2 heterocycles. The predicted octanol–water partition coefficient (Wildman–Crippen LogP) is 4.22. The summed E-state index contributed by atoms with van der Waals surface area (Å²) in [5.41, 5.74) is 5.58. The second kappa shape index (κ2) is 9.03. The van der Waals surface area contributed by atoms with E-state index in [0.717, 1.165) is 48.2 Å². The third-order valence-corrected chi connectivity index (χ3v) is 7.33. The highest BCUT2D eigenvalue weighted by molar-refractivity contribution is 5.97. The molecule has 1 saturated heterocycles.